The summed E-state index contributed by atoms with van der Waals surface area (Å²) in [6, 6.07) is 7.82. The highest BCUT2D eigenvalue weighted by molar-refractivity contribution is 7.98. The fourth-order valence-corrected chi connectivity index (χ4v) is 5.57. The highest BCUT2D eigenvalue weighted by Crippen LogP contribution is 2.39. The molecule has 0 aromatic heterocycles. The van der Waals surface area contributed by atoms with Crippen LogP contribution in [0.5, 0.6) is 0 Å². The Balaban J connectivity index is 1.81. The molecule has 0 unspecified atom stereocenters. The molecule has 1 aromatic carbocycles. The van der Waals surface area contributed by atoms with Gasteiger partial charge in [-0.3, -0.25) is 9.59 Å². The topological polar surface area (TPSA) is 116 Å². The van der Waals surface area contributed by atoms with Gasteiger partial charge in [0.1, 0.15) is 17.7 Å². The maximum Gasteiger partial charge on any atom is 0.410 e. The van der Waals surface area contributed by atoms with E-state index in [4.69, 9.17) is 4.74 Å². The normalized spacial score (nSPS) is 20.3. The number of benzene rings is 1. The number of carbonyl (C=O) groups is 4. The van der Waals surface area contributed by atoms with Crippen molar-refractivity contribution < 1.29 is 29.0 Å². The molecule has 0 radical (unpaired) electrons. The molecule has 0 aliphatic carbocycles. The van der Waals surface area contributed by atoms with Gasteiger partial charge in [0, 0.05) is 19.6 Å². The van der Waals surface area contributed by atoms with Crippen molar-refractivity contribution >= 4 is 35.6 Å². The van der Waals surface area contributed by atoms with Crippen LogP contribution in [-0.4, -0.2) is 88.1 Å². The Labute approximate surface area is 223 Å². The average Bonchev–Trinajstić information content (AvgIpc) is 3.35. The molecule has 3 amide bonds. The van der Waals surface area contributed by atoms with Crippen LogP contribution in [-0.2, 0) is 24.5 Å². The van der Waals surface area contributed by atoms with Crippen molar-refractivity contribution in [2.24, 2.45) is 0 Å². The summed E-state index contributed by atoms with van der Waals surface area (Å²) in [7, 11) is 0. The molecule has 37 heavy (non-hydrogen) atoms. The first-order chi connectivity index (χ1) is 17.5. The van der Waals surface area contributed by atoms with Crippen LogP contribution in [0.25, 0.3) is 0 Å². The largest absolute Gasteiger partial charge is 0.480 e. The lowest BCUT2D eigenvalue weighted by Crippen LogP contribution is -2.58. The number of ether oxygens (including phenoxy) is 1. The fraction of sp³-hybridized carbons (Fsp3) is 0.630. The molecule has 10 heteroatoms. The molecule has 2 aliphatic heterocycles. The van der Waals surface area contributed by atoms with Crippen molar-refractivity contribution in [1.82, 2.24) is 15.1 Å². The minimum absolute atomic E-state index is 0.142. The summed E-state index contributed by atoms with van der Waals surface area (Å²) in [6.45, 7) is 6.61. The van der Waals surface area contributed by atoms with Crippen LogP contribution < -0.4 is 5.32 Å². The molecule has 2 atom stereocenters. The lowest BCUT2D eigenvalue weighted by molar-refractivity contribution is -0.146. The highest BCUT2D eigenvalue weighted by atomic mass is 32.2. The molecule has 0 bridgehead atoms. The van der Waals surface area contributed by atoms with Crippen molar-refractivity contribution in [2.45, 2.75) is 76.0 Å². The molecule has 0 spiro atoms. The fourth-order valence-electron chi connectivity index (χ4n) is 5.10. The number of carboxylic acids is 1. The molecule has 2 aliphatic rings. The Hall–Kier alpha value is -2.75. The zero-order chi connectivity index (χ0) is 27.2. The lowest BCUT2D eigenvalue weighted by atomic mass is 9.71. The lowest BCUT2D eigenvalue weighted by Gasteiger charge is -2.44. The van der Waals surface area contributed by atoms with E-state index in [0.29, 0.717) is 57.5 Å². The van der Waals surface area contributed by atoms with Gasteiger partial charge in [0.2, 0.25) is 11.8 Å². The molecule has 2 heterocycles. The highest BCUT2D eigenvalue weighted by Gasteiger charge is 2.49. The predicted molar refractivity (Wildman–Crippen MR) is 142 cm³/mol. The average molecular weight is 534 g/mol. The van der Waals surface area contributed by atoms with Crippen LogP contribution >= 0.6 is 11.8 Å². The van der Waals surface area contributed by atoms with Crippen molar-refractivity contribution in [3.63, 3.8) is 0 Å². The summed E-state index contributed by atoms with van der Waals surface area (Å²) in [5.74, 6) is -1.03. The quantitative estimate of drug-likeness (QED) is 0.527. The molecule has 3 rings (SSSR count). The summed E-state index contributed by atoms with van der Waals surface area (Å²) < 4.78 is 5.53. The number of likely N-dealkylation sites (tertiary alicyclic amines) is 2. The summed E-state index contributed by atoms with van der Waals surface area (Å²) in [6.07, 6.45) is 3.77. The van der Waals surface area contributed by atoms with Gasteiger partial charge < -0.3 is 25.0 Å². The Morgan fingerprint density at radius 3 is 2.35 bits per heavy atom. The molecule has 204 valence electrons. The van der Waals surface area contributed by atoms with Crippen LogP contribution in [0.15, 0.2) is 30.3 Å². The zero-order valence-corrected chi connectivity index (χ0v) is 23.0. The summed E-state index contributed by atoms with van der Waals surface area (Å²) in [5, 5.41) is 12.2. The van der Waals surface area contributed by atoms with Gasteiger partial charge in [-0.15, -0.1) is 0 Å². The van der Waals surface area contributed by atoms with Crippen molar-refractivity contribution in [2.75, 3.05) is 31.6 Å². The number of aliphatic carboxylic acids is 1. The van der Waals surface area contributed by atoms with Gasteiger partial charge in [-0.05, 0) is 70.4 Å². The van der Waals surface area contributed by atoms with E-state index in [1.807, 2.05) is 57.4 Å². The van der Waals surface area contributed by atoms with Crippen molar-refractivity contribution in [3.05, 3.63) is 35.9 Å². The van der Waals surface area contributed by atoms with Gasteiger partial charge in [-0.2, -0.15) is 11.8 Å². The molecular weight excluding hydrogens is 494 g/mol. The summed E-state index contributed by atoms with van der Waals surface area (Å²) >= 11 is 1.52. The Morgan fingerprint density at radius 1 is 1.14 bits per heavy atom. The van der Waals surface area contributed by atoms with Gasteiger partial charge in [-0.25, -0.2) is 9.59 Å². The molecule has 2 fully saturated rings. The standard InChI is InChI=1S/C27H39N3O6S/c1-26(2,3)36-25(35)29-16-13-27(14-17-29,19-9-6-5-7-10-19)24(34)30-15-8-11-21(30)22(31)28-20(23(32)33)12-18-37-4/h5-7,9-10,20-21H,8,11-18H2,1-4H3,(H,28,31)(H,32,33)/t20-,21+/m1/s1. The Morgan fingerprint density at radius 2 is 1.78 bits per heavy atom. The van der Waals surface area contributed by atoms with Crippen LogP contribution in [0.2, 0.25) is 0 Å². The molecule has 1 aromatic rings. The van der Waals surface area contributed by atoms with E-state index in [2.05, 4.69) is 5.32 Å². The second kappa shape index (κ2) is 12.2. The first kappa shape index (κ1) is 28.8. The smallest absolute Gasteiger partial charge is 0.410 e. The number of piperidine rings is 1. The van der Waals surface area contributed by atoms with E-state index in [1.54, 1.807) is 9.80 Å². The third-order valence-corrected chi connectivity index (χ3v) is 7.69. The summed E-state index contributed by atoms with van der Waals surface area (Å²) in [4.78, 5) is 55.0. The summed E-state index contributed by atoms with van der Waals surface area (Å²) in [5.41, 5.74) is -0.632. The first-order valence-electron chi connectivity index (χ1n) is 12.8. The van der Waals surface area contributed by atoms with Gasteiger partial charge >= 0.3 is 12.1 Å². The maximum atomic E-state index is 14.2. The van der Waals surface area contributed by atoms with E-state index in [-0.39, 0.29) is 5.91 Å². The number of rotatable bonds is 8. The SMILES string of the molecule is CSCC[C@@H](NC(=O)[C@@H]1CCCN1C(=O)C1(c2ccccc2)CCN(C(=O)OC(C)(C)C)CC1)C(=O)O. The van der Waals surface area contributed by atoms with E-state index < -0.39 is 41.1 Å². The second-order valence-electron chi connectivity index (χ2n) is 10.8. The second-order valence-corrected chi connectivity index (χ2v) is 11.7. The van der Waals surface area contributed by atoms with Gasteiger partial charge in [0.15, 0.2) is 0 Å². The maximum absolute atomic E-state index is 14.2. The number of hydrogen-bond donors (Lipinski definition) is 2. The molecule has 2 N–H and O–H groups in total. The zero-order valence-electron chi connectivity index (χ0n) is 22.2. The van der Waals surface area contributed by atoms with Crippen LogP contribution in [0.3, 0.4) is 0 Å². The van der Waals surface area contributed by atoms with Gasteiger partial charge in [0.25, 0.3) is 0 Å². The molecule has 9 nitrogen and oxygen atoms in total. The van der Waals surface area contributed by atoms with E-state index in [1.165, 1.54) is 11.8 Å². The minimum Gasteiger partial charge on any atom is -0.480 e. The minimum atomic E-state index is -1.08. The third kappa shape index (κ3) is 6.97. The van der Waals surface area contributed by atoms with Gasteiger partial charge in [0.05, 0.1) is 5.41 Å². The van der Waals surface area contributed by atoms with Crippen LogP contribution in [0, 0.1) is 0 Å². The van der Waals surface area contributed by atoms with Crippen molar-refractivity contribution in [1.29, 1.82) is 0 Å². The third-order valence-electron chi connectivity index (χ3n) is 7.05. The van der Waals surface area contributed by atoms with Crippen molar-refractivity contribution in [3.8, 4) is 0 Å². The number of carboxylic acid groups (broad SMARTS) is 1. The Kier molecular flexibility index (Phi) is 9.50. The monoisotopic (exact) mass is 533 g/mol. The van der Waals surface area contributed by atoms with Crippen LogP contribution in [0.4, 0.5) is 4.79 Å². The van der Waals surface area contributed by atoms with E-state index in [0.717, 1.165) is 5.56 Å². The number of nitrogens with one attached hydrogen (secondary N) is 1. The molecule has 2 saturated heterocycles. The van der Waals surface area contributed by atoms with E-state index in [9.17, 15) is 24.3 Å². The molecular formula is C27H39N3O6S. The number of hydrogen-bond acceptors (Lipinski definition) is 6. The first-order valence-corrected chi connectivity index (χ1v) is 14.2. The van der Waals surface area contributed by atoms with E-state index >= 15 is 0 Å². The number of amides is 3. The van der Waals surface area contributed by atoms with Gasteiger partial charge in [-0.1, -0.05) is 30.3 Å². The number of nitrogens with zero attached hydrogens (tertiary/aromatic N) is 2. The number of thioether (sulfide) groups is 1. The Bertz CT molecular complexity index is 972. The van der Waals surface area contributed by atoms with Crippen LogP contribution in [0.1, 0.15) is 58.4 Å². The number of carbonyl (C=O) groups excluding carboxylic acids is 3. The molecule has 0 saturated carbocycles. The predicted octanol–water partition coefficient (Wildman–Crippen LogP) is 3.27.